The fourth-order valence-corrected chi connectivity index (χ4v) is 1.43. The molecular formula is C8H12N4O2. The zero-order valence-electron chi connectivity index (χ0n) is 8.07. The summed E-state index contributed by atoms with van der Waals surface area (Å²) in [5, 5.41) is 19.6. The molecule has 0 aliphatic heterocycles. The molecule has 1 aromatic heterocycles. The first-order chi connectivity index (χ1) is 6.50. The Kier molecular flexibility index (Phi) is 1.73. The van der Waals surface area contributed by atoms with Crippen LogP contribution in [0.15, 0.2) is 6.20 Å². The Morgan fingerprint density at radius 3 is 2.93 bits per heavy atom. The maximum Gasteiger partial charge on any atom is 0.366 e. The van der Waals surface area contributed by atoms with E-state index in [0.717, 1.165) is 6.42 Å². The van der Waals surface area contributed by atoms with Crippen LogP contribution in [-0.4, -0.2) is 21.2 Å². The van der Waals surface area contributed by atoms with Crippen molar-refractivity contribution >= 4 is 11.5 Å². The molecule has 6 nitrogen and oxygen atoms in total. The van der Waals surface area contributed by atoms with Crippen molar-refractivity contribution in [3.05, 3.63) is 16.3 Å². The number of nitrogens with zero attached hydrogens (tertiary/aromatic N) is 2. The minimum absolute atomic E-state index is 0.0623. The summed E-state index contributed by atoms with van der Waals surface area (Å²) in [7, 11) is 0. The van der Waals surface area contributed by atoms with Gasteiger partial charge in [-0.25, -0.2) is 0 Å². The Morgan fingerprint density at radius 2 is 2.43 bits per heavy atom. The van der Waals surface area contributed by atoms with Crippen LogP contribution in [0.2, 0.25) is 0 Å². The number of nitro groups is 1. The molecule has 1 aromatic rings. The van der Waals surface area contributed by atoms with Gasteiger partial charge in [0.15, 0.2) is 5.69 Å². The molecule has 0 bridgehead atoms. The highest BCUT2D eigenvalue weighted by Gasteiger charge is 2.46. The van der Waals surface area contributed by atoms with Gasteiger partial charge in [-0.2, -0.15) is 0 Å². The van der Waals surface area contributed by atoms with Gasteiger partial charge in [0.1, 0.15) is 6.20 Å². The smallest absolute Gasteiger partial charge is 0.366 e. The third-order valence-corrected chi connectivity index (χ3v) is 2.64. The number of nitrogens with one attached hydrogen (secondary N) is 2. The lowest BCUT2D eigenvalue weighted by Gasteiger charge is -2.04. The van der Waals surface area contributed by atoms with Crippen LogP contribution < -0.4 is 5.32 Å². The van der Waals surface area contributed by atoms with Gasteiger partial charge in [0.25, 0.3) is 0 Å². The van der Waals surface area contributed by atoms with Crippen molar-refractivity contribution in [2.24, 2.45) is 5.41 Å². The first-order valence-electron chi connectivity index (χ1n) is 4.45. The van der Waals surface area contributed by atoms with Gasteiger partial charge in [0.2, 0.25) is 0 Å². The van der Waals surface area contributed by atoms with Crippen molar-refractivity contribution in [2.45, 2.75) is 26.3 Å². The summed E-state index contributed by atoms with van der Waals surface area (Å²) < 4.78 is 0. The zero-order chi connectivity index (χ0) is 10.3. The maximum atomic E-state index is 10.5. The molecule has 0 amide bonds. The first-order valence-corrected chi connectivity index (χ1v) is 4.45. The average Bonchev–Trinajstić information content (AvgIpc) is 2.52. The predicted octanol–water partition coefficient (Wildman–Crippen LogP) is 1.53. The van der Waals surface area contributed by atoms with E-state index in [1.54, 1.807) is 0 Å². The Balaban J connectivity index is 2.10. The van der Waals surface area contributed by atoms with Crippen LogP contribution in [0.25, 0.3) is 0 Å². The lowest BCUT2D eigenvalue weighted by molar-refractivity contribution is -0.388. The number of anilines is 1. The molecule has 1 atom stereocenters. The van der Waals surface area contributed by atoms with Crippen LogP contribution in [0.4, 0.5) is 11.5 Å². The number of hydrogen-bond acceptors (Lipinski definition) is 4. The second-order valence-corrected chi connectivity index (χ2v) is 4.28. The molecule has 1 aliphatic carbocycles. The summed E-state index contributed by atoms with van der Waals surface area (Å²) in [6.45, 7) is 4.24. The summed E-state index contributed by atoms with van der Waals surface area (Å²) in [5.74, 6) is -0.0623. The fraction of sp³-hybridized carbons (Fsp3) is 0.625. The molecule has 0 aromatic carbocycles. The van der Waals surface area contributed by atoms with Crippen LogP contribution in [0, 0.1) is 15.5 Å². The lowest BCUT2D eigenvalue weighted by atomic mass is 10.2. The van der Waals surface area contributed by atoms with Crippen LogP contribution >= 0.6 is 0 Å². The predicted molar refractivity (Wildman–Crippen MR) is 51.1 cm³/mol. The third kappa shape index (κ3) is 1.43. The van der Waals surface area contributed by atoms with Gasteiger partial charge in [-0.15, -0.1) is 5.10 Å². The largest absolute Gasteiger partial charge is 0.374 e. The standard InChI is InChI=1S/C8H12N4O2/c1-8(2)3-6(8)10-5-4-9-11-7(5)12(13)14/h4,6,10H,3H2,1-2H3,(H,9,11). The van der Waals surface area contributed by atoms with Gasteiger partial charge in [0, 0.05) is 6.04 Å². The molecule has 2 rings (SSSR count). The molecule has 0 saturated heterocycles. The molecule has 2 N–H and O–H groups in total. The van der Waals surface area contributed by atoms with E-state index in [-0.39, 0.29) is 11.2 Å². The number of aromatic nitrogens is 2. The highest BCUT2D eigenvalue weighted by molar-refractivity contribution is 5.57. The molecule has 1 unspecified atom stereocenters. The second kappa shape index (κ2) is 2.70. The van der Waals surface area contributed by atoms with Crippen molar-refractivity contribution in [3.63, 3.8) is 0 Å². The minimum Gasteiger partial charge on any atom is -0.374 e. The van der Waals surface area contributed by atoms with Gasteiger partial charge >= 0.3 is 5.82 Å². The number of H-pyrrole nitrogens is 1. The third-order valence-electron chi connectivity index (χ3n) is 2.64. The van der Waals surface area contributed by atoms with Gasteiger partial charge in [-0.1, -0.05) is 18.9 Å². The average molecular weight is 196 g/mol. The second-order valence-electron chi connectivity index (χ2n) is 4.28. The quantitative estimate of drug-likeness (QED) is 0.567. The van der Waals surface area contributed by atoms with E-state index in [0.29, 0.717) is 11.7 Å². The molecule has 14 heavy (non-hydrogen) atoms. The number of rotatable bonds is 3. The Hall–Kier alpha value is -1.59. The van der Waals surface area contributed by atoms with E-state index in [1.165, 1.54) is 6.20 Å². The van der Waals surface area contributed by atoms with Crippen molar-refractivity contribution in [1.29, 1.82) is 0 Å². The minimum atomic E-state index is -0.468. The van der Waals surface area contributed by atoms with Crippen LogP contribution in [0.1, 0.15) is 20.3 Å². The Labute approximate surface area is 80.9 Å². The van der Waals surface area contributed by atoms with E-state index in [9.17, 15) is 10.1 Å². The van der Waals surface area contributed by atoms with Gasteiger partial charge in [-0.05, 0) is 16.8 Å². The summed E-state index contributed by atoms with van der Waals surface area (Å²) >= 11 is 0. The number of hydrogen-bond donors (Lipinski definition) is 2. The van der Waals surface area contributed by atoms with E-state index >= 15 is 0 Å². The molecule has 0 radical (unpaired) electrons. The summed E-state index contributed by atoms with van der Waals surface area (Å²) in [4.78, 5) is 10.1. The topological polar surface area (TPSA) is 83.8 Å². The van der Waals surface area contributed by atoms with Crippen molar-refractivity contribution in [2.75, 3.05) is 5.32 Å². The molecule has 6 heteroatoms. The Morgan fingerprint density at radius 1 is 1.79 bits per heavy atom. The lowest BCUT2D eigenvalue weighted by Crippen LogP contribution is -2.09. The van der Waals surface area contributed by atoms with Crippen molar-refractivity contribution in [3.8, 4) is 0 Å². The van der Waals surface area contributed by atoms with Crippen LogP contribution in [0.5, 0.6) is 0 Å². The van der Waals surface area contributed by atoms with Crippen molar-refractivity contribution in [1.82, 2.24) is 10.2 Å². The number of aromatic amines is 1. The molecule has 76 valence electrons. The van der Waals surface area contributed by atoms with Crippen LogP contribution in [-0.2, 0) is 0 Å². The molecule has 1 saturated carbocycles. The highest BCUT2D eigenvalue weighted by atomic mass is 16.6. The van der Waals surface area contributed by atoms with E-state index in [2.05, 4.69) is 29.4 Å². The Bertz CT molecular complexity index is 371. The van der Waals surface area contributed by atoms with Crippen LogP contribution in [0.3, 0.4) is 0 Å². The highest BCUT2D eigenvalue weighted by Crippen LogP contribution is 2.47. The van der Waals surface area contributed by atoms with E-state index in [1.807, 2.05) is 0 Å². The summed E-state index contributed by atoms with van der Waals surface area (Å²) in [6, 6.07) is 0.318. The molecule has 1 aliphatic rings. The first kappa shape index (κ1) is 8.98. The molecular weight excluding hydrogens is 184 g/mol. The molecule has 1 fully saturated rings. The summed E-state index contributed by atoms with van der Waals surface area (Å²) in [6.07, 6.45) is 2.49. The van der Waals surface area contributed by atoms with Crippen molar-refractivity contribution < 1.29 is 4.92 Å². The SMILES string of the molecule is CC1(C)CC1Nc1cn[nH]c1[N+](=O)[O-]. The zero-order valence-corrected chi connectivity index (χ0v) is 8.07. The van der Waals surface area contributed by atoms with E-state index in [4.69, 9.17) is 0 Å². The molecule has 1 heterocycles. The van der Waals surface area contributed by atoms with E-state index < -0.39 is 4.92 Å². The normalized spacial score (nSPS) is 23.1. The van der Waals surface area contributed by atoms with Gasteiger partial charge < -0.3 is 15.4 Å². The van der Waals surface area contributed by atoms with Gasteiger partial charge in [-0.3, -0.25) is 0 Å². The fourth-order valence-electron chi connectivity index (χ4n) is 1.43. The monoisotopic (exact) mass is 196 g/mol. The van der Waals surface area contributed by atoms with Gasteiger partial charge in [0.05, 0.1) is 0 Å². The maximum absolute atomic E-state index is 10.5. The molecule has 0 spiro atoms. The summed E-state index contributed by atoms with van der Waals surface area (Å²) in [5.41, 5.74) is 0.719.